The van der Waals surface area contributed by atoms with Gasteiger partial charge in [0.2, 0.25) is 5.91 Å². The minimum Gasteiger partial charge on any atom is -0.396 e. The third-order valence-electron chi connectivity index (χ3n) is 1.58. The van der Waals surface area contributed by atoms with E-state index in [0.717, 1.165) is 0 Å². The Hall–Kier alpha value is -0.610. The maximum Gasteiger partial charge on any atom is 0.236 e. The van der Waals surface area contributed by atoms with Gasteiger partial charge < -0.3 is 15.3 Å². The monoisotopic (exact) mass is 174 g/mol. The molecule has 0 aromatic heterocycles. The number of hydrogen-bond donors (Lipinski definition) is 2. The summed E-state index contributed by atoms with van der Waals surface area (Å²) in [6.45, 7) is 3.10. The Morgan fingerprint density at radius 1 is 1.58 bits per heavy atom. The summed E-state index contributed by atoms with van der Waals surface area (Å²) in [5, 5.41) is 11.6. The van der Waals surface area contributed by atoms with Gasteiger partial charge in [0.25, 0.3) is 0 Å². The second kappa shape index (κ2) is 5.97. The van der Waals surface area contributed by atoms with Crippen molar-refractivity contribution in [2.24, 2.45) is 5.92 Å². The average Bonchev–Trinajstić information content (AvgIpc) is 2.03. The number of carbonyl (C=O) groups excluding carboxylic acids is 1. The predicted octanol–water partition coefficient (Wildman–Crippen LogP) is -0.707. The van der Waals surface area contributed by atoms with Crippen molar-refractivity contribution >= 4 is 5.91 Å². The Bertz CT molecular complexity index is 137. The molecule has 0 saturated carbocycles. The molecule has 0 fully saturated rings. The van der Waals surface area contributed by atoms with E-state index in [1.807, 2.05) is 6.92 Å². The molecule has 72 valence electrons. The first-order valence-electron chi connectivity index (χ1n) is 4.09. The normalized spacial score (nSPS) is 12.7. The van der Waals surface area contributed by atoms with Crippen molar-refractivity contribution in [1.82, 2.24) is 10.2 Å². The van der Waals surface area contributed by atoms with Gasteiger partial charge in [0.15, 0.2) is 0 Å². The van der Waals surface area contributed by atoms with Gasteiger partial charge >= 0.3 is 0 Å². The molecule has 2 N–H and O–H groups in total. The third-order valence-corrected chi connectivity index (χ3v) is 1.58. The molecule has 0 aliphatic heterocycles. The maximum absolute atomic E-state index is 11.0. The first-order chi connectivity index (χ1) is 5.57. The molecule has 1 atom stereocenters. The summed E-state index contributed by atoms with van der Waals surface area (Å²) in [6, 6.07) is 0. The topological polar surface area (TPSA) is 52.6 Å². The third kappa shape index (κ3) is 5.09. The number of nitrogens with one attached hydrogen (secondary N) is 1. The first-order valence-corrected chi connectivity index (χ1v) is 4.09. The lowest BCUT2D eigenvalue weighted by Gasteiger charge is -2.12. The summed E-state index contributed by atoms with van der Waals surface area (Å²) in [5.74, 6) is 0.264. The number of nitrogens with zero attached hydrogens (tertiary/aromatic N) is 1. The Morgan fingerprint density at radius 3 is 2.58 bits per heavy atom. The second-order valence-electron chi connectivity index (χ2n) is 3.21. The Kier molecular flexibility index (Phi) is 5.66. The molecule has 4 heteroatoms. The molecule has 0 aliphatic carbocycles. The van der Waals surface area contributed by atoms with Crippen molar-refractivity contribution in [3.8, 4) is 0 Å². The SMILES string of the molecule is CC(CO)CNCC(=O)N(C)C. The van der Waals surface area contributed by atoms with Gasteiger partial charge in [-0.2, -0.15) is 0 Å². The number of carbonyl (C=O) groups is 1. The molecule has 4 nitrogen and oxygen atoms in total. The zero-order valence-corrected chi connectivity index (χ0v) is 8.00. The molecule has 0 saturated heterocycles. The number of aliphatic hydroxyl groups is 1. The van der Waals surface area contributed by atoms with Gasteiger partial charge in [0.05, 0.1) is 6.54 Å². The number of amides is 1. The summed E-state index contributed by atoms with van der Waals surface area (Å²) in [7, 11) is 3.44. The van der Waals surface area contributed by atoms with Crippen molar-refractivity contribution in [3.05, 3.63) is 0 Å². The van der Waals surface area contributed by atoms with Crippen LogP contribution in [-0.2, 0) is 4.79 Å². The van der Waals surface area contributed by atoms with E-state index in [1.54, 1.807) is 14.1 Å². The molecule has 0 aliphatic rings. The molecule has 12 heavy (non-hydrogen) atoms. The molecule has 1 amide bonds. The highest BCUT2D eigenvalue weighted by atomic mass is 16.3. The van der Waals surface area contributed by atoms with Crippen LogP contribution in [0.4, 0.5) is 0 Å². The van der Waals surface area contributed by atoms with Crippen molar-refractivity contribution in [2.45, 2.75) is 6.92 Å². The molecule has 0 heterocycles. The molecule has 0 bridgehead atoms. The van der Waals surface area contributed by atoms with E-state index < -0.39 is 0 Å². The Morgan fingerprint density at radius 2 is 2.17 bits per heavy atom. The fraction of sp³-hybridized carbons (Fsp3) is 0.875. The molecule has 0 aromatic rings. The minimum absolute atomic E-state index is 0.0557. The van der Waals surface area contributed by atoms with Crippen molar-refractivity contribution < 1.29 is 9.90 Å². The molecule has 1 unspecified atom stereocenters. The van der Waals surface area contributed by atoms with Gasteiger partial charge in [-0.15, -0.1) is 0 Å². The fourth-order valence-corrected chi connectivity index (χ4v) is 0.648. The fourth-order valence-electron chi connectivity index (χ4n) is 0.648. The summed E-state index contributed by atoms with van der Waals surface area (Å²) in [6.07, 6.45) is 0. The van der Waals surface area contributed by atoms with Crippen LogP contribution in [0.15, 0.2) is 0 Å². The minimum atomic E-state index is 0.0557. The second-order valence-corrected chi connectivity index (χ2v) is 3.21. The molecule has 0 radical (unpaired) electrons. The van der Waals surface area contributed by atoms with Crippen LogP contribution in [0.5, 0.6) is 0 Å². The van der Waals surface area contributed by atoms with E-state index in [0.29, 0.717) is 13.1 Å². The predicted molar refractivity (Wildman–Crippen MR) is 47.8 cm³/mol. The lowest BCUT2D eigenvalue weighted by Crippen LogP contribution is -2.35. The summed E-state index contributed by atoms with van der Waals surface area (Å²) in [4.78, 5) is 12.6. The van der Waals surface area contributed by atoms with Gasteiger partial charge in [-0.25, -0.2) is 0 Å². The first kappa shape index (κ1) is 11.4. The van der Waals surface area contributed by atoms with Gasteiger partial charge in [0, 0.05) is 27.2 Å². The van der Waals surface area contributed by atoms with E-state index in [9.17, 15) is 4.79 Å². The molecular weight excluding hydrogens is 156 g/mol. The van der Waals surface area contributed by atoms with Crippen LogP contribution in [0.2, 0.25) is 0 Å². The Balaban J connectivity index is 3.37. The van der Waals surface area contributed by atoms with Crippen LogP contribution < -0.4 is 5.32 Å². The summed E-state index contributed by atoms with van der Waals surface area (Å²) >= 11 is 0. The van der Waals surface area contributed by atoms with Crippen LogP contribution in [0.1, 0.15) is 6.92 Å². The van der Waals surface area contributed by atoms with E-state index in [4.69, 9.17) is 5.11 Å². The molecule has 0 rings (SSSR count). The highest BCUT2D eigenvalue weighted by molar-refractivity contribution is 5.77. The lowest BCUT2D eigenvalue weighted by atomic mass is 10.2. The van der Waals surface area contributed by atoms with E-state index in [2.05, 4.69) is 5.32 Å². The quantitative estimate of drug-likeness (QED) is 0.579. The summed E-state index contributed by atoms with van der Waals surface area (Å²) in [5.41, 5.74) is 0. The zero-order valence-electron chi connectivity index (χ0n) is 8.00. The highest BCUT2D eigenvalue weighted by Gasteiger charge is 2.04. The van der Waals surface area contributed by atoms with Crippen molar-refractivity contribution in [3.63, 3.8) is 0 Å². The largest absolute Gasteiger partial charge is 0.396 e. The number of likely N-dealkylation sites (N-methyl/N-ethyl adjacent to an activating group) is 1. The van der Waals surface area contributed by atoms with E-state index >= 15 is 0 Å². The number of rotatable bonds is 5. The van der Waals surface area contributed by atoms with Crippen LogP contribution in [0, 0.1) is 5.92 Å². The molecular formula is C8H18N2O2. The number of hydrogen-bond acceptors (Lipinski definition) is 3. The van der Waals surface area contributed by atoms with Gasteiger partial charge in [0.1, 0.15) is 0 Å². The highest BCUT2D eigenvalue weighted by Crippen LogP contribution is 1.88. The van der Waals surface area contributed by atoms with Gasteiger partial charge in [-0.3, -0.25) is 4.79 Å². The van der Waals surface area contributed by atoms with E-state index in [-0.39, 0.29) is 18.4 Å². The van der Waals surface area contributed by atoms with Crippen LogP contribution in [0.3, 0.4) is 0 Å². The molecule has 0 aromatic carbocycles. The average molecular weight is 174 g/mol. The lowest BCUT2D eigenvalue weighted by molar-refractivity contribution is -0.127. The Labute approximate surface area is 73.6 Å². The summed E-state index contributed by atoms with van der Waals surface area (Å²) < 4.78 is 0. The maximum atomic E-state index is 11.0. The smallest absolute Gasteiger partial charge is 0.236 e. The van der Waals surface area contributed by atoms with Crippen molar-refractivity contribution in [2.75, 3.05) is 33.8 Å². The van der Waals surface area contributed by atoms with Gasteiger partial charge in [-0.05, 0) is 5.92 Å². The number of aliphatic hydroxyl groups excluding tert-OH is 1. The van der Waals surface area contributed by atoms with Crippen molar-refractivity contribution in [1.29, 1.82) is 0 Å². The van der Waals surface area contributed by atoms with E-state index in [1.165, 1.54) is 4.90 Å². The zero-order chi connectivity index (χ0) is 9.56. The van der Waals surface area contributed by atoms with Crippen LogP contribution in [0.25, 0.3) is 0 Å². The standard InChI is InChI=1S/C8H18N2O2/c1-7(6-11)4-9-5-8(12)10(2)3/h7,9,11H,4-6H2,1-3H3. The van der Waals surface area contributed by atoms with Crippen LogP contribution in [-0.4, -0.2) is 49.7 Å². The van der Waals surface area contributed by atoms with Crippen LogP contribution >= 0.6 is 0 Å². The molecule has 0 spiro atoms. The van der Waals surface area contributed by atoms with Gasteiger partial charge in [-0.1, -0.05) is 6.92 Å².